The Kier molecular flexibility index (Phi) is 7.22. The van der Waals surface area contributed by atoms with E-state index in [4.69, 9.17) is 10.5 Å². The minimum absolute atomic E-state index is 0.0326. The van der Waals surface area contributed by atoms with Gasteiger partial charge in [-0.25, -0.2) is 0 Å². The Morgan fingerprint density at radius 3 is 2.37 bits per heavy atom. The highest BCUT2D eigenvalue weighted by molar-refractivity contribution is 5.93. The first kappa shape index (κ1) is 24.5. The fourth-order valence-corrected chi connectivity index (χ4v) is 4.88. The van der Waals surface area contributed by atoms with Gasteiger partial charge in [0.2, 0.25) is 11.8 Å². The van der Waals surface area contributed by atoms with Gasteiger partial charge in [-0.1, -0.05) is 35.9 Å². The van der Waals surface area contributed by atoms with Crippen molar-refractivity contribution in [1.82, 2.24) is 5.32 Å². The summed E-state index contributed by atoms with van der Waals surface area (Å²) in [4.78, 5) is 27.2. The van der Waals surface area contributed by atoms with Crippen LogP contribution in [0.3, 0.4) is 0 Å². The summed E-state index contributed by atoms with van der Waals surface area (Å²) in [7, 11) is 0. The Balaban J connectivity index is 1.56. The van der Waals surface area contributed by atoms with E-state index in [1.165, 1.54) is 5.56 Å². The molecule has 2 amide bonds. The van der Waals surface area contributed by atoms with Gasteiger partial charge in [0.15, 0.2) is 0 Å². The molecule has 35 heavy (non-hydrogen) atoms. The van der Waals surface area contributed by atoms with E-state index < -0.39 is 6.04 Å². The average molecular weight is 472 g/mol. The quantitative estimate of drug-likeness (QED) is 0.536. The van der Waals surface area contributed by atoms with Gasteiger partial charge in [-0.2, -0.15) is 0 Å². The number of carbonyl (C=O) groups excluding carboxylic acids is 2. The number of anilines is 1. The lowest BCUT2D eigenvalue weighted by Gasteiger charge is -2.35. The molecule has 3 N–H and O–H groups in total. The highest BCUT2D eigenvalue weighted by atomic mass is 16.5. The molecule has 0 aromatic heterocycles. The molecule has 0 spiro atoms. The number of ether oxygens (including phenoxy) is 1. The molecule has 182 valence electrons. The second-order valence-electron chi connectivity index (χ2n) is 9.34. The van der Waals surface area contributed by atoms with Crippen LogP contribution < -0.4 is 20.7 Å². The van der Waals surface area contributed by atoms with Crippen LogP contribution in [0, 0.1) is 20.8 Å². The SMILES string of the molecule is CC(=O)N1CCC(NC(=O)C(N)Cc2c(C)cc(C)cc2C)c2cc(Oc3ccccc3)ccc21. The Bertz CT molecular complexity index is 1220. The predicted molar refractivity (Wildman–Crippen MR) is 139 cm³/mol. The van der Waals surface area contributed by atoms with E-state index in [-0.39, 0.29) is 17.9 Å². The van der Waals surface area contributed by atoms with Crippen LogP contribution in [-0.2, 0) is 16.0 Å². The third kappa shape index (κ3) is 5.54. The molecule has 0 radical (unpaired) electrons. The molecular formula is C29H33N3O3. The third-order valence-electron chi connectivity index (χ3n) is 6.58. The number of fused-ring (bicyclic) bond motifs is 1. The zero-order chi connectivity index (χ0) is 25.1. The number of hydrogen-bond acceptors (Lipinski definition) is 4. The second-order valence-corrected chi connectivity index (χ2v) is 9.34. The molecule has 2 unspecified atom stereocenters. The van der Waals surface area contributed by atoms with Crippen LogP contribution in [-0.4, -0.2) is 24.4 Å². The number of nitrogens with one attached hydrogen (secondary N) is 1. The van der Waals surface area contributed by atoms with Crippen molar-refractivity contribution in [3.8, 4) is 11.5 Å². The van der Waals surface area contributed by atoms with Crippen molar-refractivity contribution in [2.45, 2.75) is 52.6 Å². The third-order valence-corrected chi connectivity index (χ3v) is 6.58. The Morgan fingerprint density at radius 1 is 1.03 bits per heavy atom. The first-order valence-electron chi connectivity index (χ1n) is 12.0. The average Bonchev–Trinajstić information content (AvgIpc) is 2.82. The molecule has 0 fully saturated rings. The summed E-state index contributed by atoms with van der Waals surface area (Å²) in [6.07, 6.45) is 1.07. The van der Waals surface area contributed by atoms with Crippen LogP contribution in [0.5, 0.6) is 11.5 Å². The molecule has 3 aromatic carbocycles. The summed E-state index contributed by atoms with van der Waals surface area (Å²) >= 11 is 0. The number of benzene rings is 3. The molecule has 0 aliphatic carbocycles. The summed E-state index contributed by atoms with van der Waals surface area (Å²) in [6.45, 7) is 8.26. The van der Waals surface area contributed by atoms with E-state index in [1.807, 2.05) is 48.5 Å². The second kappa shape index (κ2) is 10.3. The van der Waals surface area contributed by atoms with E-state index in [0.29, 0.717) is 25.1 Å². The Labute approximate surface area is 207 Å². The van der Waals surface area contributed by atoms with Crippen LogP contribution in [0.1, 0.15) is 47.2 Å². The number of carbonyl (C=O) groups is 2. The van der Waals surface area contributed by atoms with Gasteiger partial charge in [0, 0.05) is 24.7 Å². The smallest absolute Gasteiger partial charge is 0.237 e. The molecule has 1 aliphatic heterocycles. The molecule has 0 saturated carbocycles. The molecule has 1 heterocycles. The summed E-state index contributed by atoms with van der Waals surface area (Å²) < 4.78 is 6.02. The molecule has 0 saturated heterocycles. The maximum atomic E-state index is 13.2. The van der Waals surface area contributed by atoms with Crippen molar-refractivity contribution in [1.29, 1.82) is 0 Å². The van der Waals surface area contributed by atoms with Crippen molar-refractivity contribution in [2.75, 3.05) is 11.4 Å². The molecule has 2 atom stereocenters. The summed E-state index contributed by atoms with van der Waals surface area (Å²) in [5.74, 6) is 1.13. The van der Waals surface area contributed by atoms with E-state index in [1.54, 1.807) is 11.8 Å². The molecule has 6 nitrogen and oxygen atoms in total. The number of para-hydroxylation sites is 1. The van der Waals surface area contributed by atoms with Crippen LogP contribution >= 0.6 is 0 Å². The molecular weight excluding hydrogens is 438 g/mol. The van der Waals surface area contributed by atoms with Gasteiger partial charge < -0.3 is 20.7 Å². The number of aryl methyl sites for hydroxylation is 3. The van der Waals surface area contributed by atoms with Crippen LogP contribution in [0.4, 0.5) is 5.69 Å². The highest BCUT2D eigenvalue weighted by Gasteiger charge is 2.30. The van der Waals surface area contributed by atoms with Crippen molar-refractivity contribution in [2.24, 2.45) is 5.73 Å². The molecule has 0 bridgehead atoms. The van der Waals surface area contributed by atoms with Crippen LogP contribution in [0.15, 0.2) is 60.7 Å². The number of amides is 2. The maximum Gasteiger partial charge on any atom is 0.237 e. The summed E-state index contributed by atoms with van der Waals surface area (Å²) in [5.41, 5.74) is 12.6. The predicted octanol–water partition coefficient (Wildman–Crippen LogP) is 4.89. The van der Waals surface area contributed by atoms with Gasteiger partial charge in [-0.15, -0.1) is 0 Å². The monoisotopic (exact) mass is 471 g/mol. The van der Waals surface area contributed by atoms with Gasteiger partial charge in [-0.3, -0.25) is 9.59 Å². The van der Waals surface area contributed by atoms with Crippen LogP contribution in [0.2, 0.25) is 0 Å². The first-order chi connectivity index (χ1) is 16.7. The Morgan fingerprint density at radius 2 is 1.71 bits per heavy atom. The zero-order valence-electron chi connectivity index (χ0n) is 20.8. The molecule has 4 rings (SSSR count). The maximum absolute atomic E-state index is 13.2. The summed E-state index contributed by atoms with van der Waals surface area (Å²) in [6, 6.07) is 18.5. The minimum Gasteiger partial charge on any atom is -0.457 e. The zero-order valence-corrected chi connectivity index (χ0v) is 20.8. The van der Waals surface area contributed by atoms with E-state index in [2.05, 4.69) is 38.2 Å². The van der Waals surface area contributed by atoms with Gasteiger partial charge in [0.25, 0.3) is 0 Å². The minimum atomic E-state index is -0.673. The fraction of sp³-hybridized carbons (Fsp3) is 0.310. The largest absolute Gasteiger partial charge is 0.457 e. The molecule has 6 heteroatoms. The van der Waals surface area contributed by atoms with Crippen molar-refractivity contribution in [3.05, 3.63) is 88.5 Å². The summed E-state index contributed by atoms with van der Waals surface area (Å²) in [5, 5.41) is 3.14. The van der Waals surface area contributed by atoms with Gasteiger partial charge in [-0.05, 0) is 80.6 Å². The molecule has 1 aliphatic rings. The number of nitrogens with two attached hydrogens (primary N) is 1. The molecule has 3 aromatic rings. The number of nitrogens with zero attached hydrogens (tertiary/aromatic N) is 1. The lowest BCUT2D eigenvalue weighted by atomic mass is 9.93. The van der Waals surface area contributed by atoms with E-state index in [0.717, 1.165) is 33.7 Å². The highest BCUT2D eigenvalue weighted by Crippen LogP contribution is 2.37. The van der Waals surface area contributed by atoms with Crippen LogP contribution in [0.25, 0.3) is 0 Å². The van der Waals surface area contributed by atoms with Gasteiger partial charge in [0.1, 0.15) is 11.5 Å². The normalized spacial score (nSPS) is 15.8. The topological polar surface area (TPSA) is 84.7 Å². The van der Waals surface area contributed by atoms with Crippen molar-refractivity contribution in [3.63, 3.8) is 0 Å². The van der Waals surface area contributed by atoms with Crippen molar-refractivity contribution >= 4 is 17.5 Å². The van der Waals surface area contributed by atoms with Gasteiger partial charge in [0.05, 0.1) is 12.1 Å². The number of rotatable bonds is 6. The lowest BCUT2D eigenvalue weighted by Crippen LogP contribution is -2.46. The fourth-order valence-electron chi connectivity index (χ4n) is 4.88. The van der Waals surface area contributed by atoms with E-state index in [9.17, 15) is 9.59 Å². The first-order valence-corrected chi connectivity index (χ1v) is 12.0. The number of hydrogen-bond donors (Lipinski definition) is 2. The lowest BCUT2D eigenvalue weighted by molar-refractivity contribution is -0.123. The van der Waals surface area contributed by atoms with Crippen molar-refractivity contribution < 1.29 is 14.3 Å². The van der Waals surface area contributed by atoms with E-state index >= 15 is 0 Å². The Hall–Kier alpha value is -3.64. The standard InChI is InChI=1S/C29H33N3O3/c1-18-14-19(2)24(20(3)15-18)17-26(30)29(34)31-27-12-13-32(21(4)33)28-11-10-23(16-25(27)28)35-22-8-6-5-7-9-22/h5-11,14-16,26-27H,12-13,17,30H2,1-4H3,(H,31,34). The van der Waals surface area contributed by atoms with Gasteiger partial charge >= 0.3 is 0 Å².